The average molecular weight is 310 g/mol. The van der Waals surface area contributed by atoms with Crippen LogP contribution in [-0.2, 0) is 17.9 Å². The van der Waals surface area contributed by atoms with Crippen LogP contribution in [0.5, 0.6) is 0 Å². The fourth-order valence-electron chi connectivity index (χ4n) is 1.94. The van der Waals surface area contributed by atoms with Gasteiger partial charge in [-0.15, -0.1) is 11.3 Å². The second-order valence-electron chi connectivity index (χ2n) is 4.82. The number of aryl methyl sites for hydroxylation is 2. The Morgan fingerprint density at radius 1 is 1.35 bits per heavy atom. The van der Waals surface area contributed by atoms with E-state index in [1.165, 1.54) is 21.8 Å². The van der Waals surface area contributed by atoms with Crippen molar-refractivity contribution in [3.05, 3.63) is 42.6 Å². The molecule has 0 aliphatic rings. The predicted octanol–water partition coefficient (Wildman–Crippen LogP) is 2.64. The minimum atomic E-state index is 0.00653. The van der Waals surface area contributed by atoms with E-state index in [0.29, 0.717) is 19.5 Å². The fraction of sp³-hybridized carbons (Fsp3) is 0.429. The first-order valence-electron chi connectivity index (χ1n) is 6.41. The molecular formula is C14H18N2O2S2. The van der Waals surface area contributed by atoms with Crippen molar-refractivity contribution >= 4 is 28.6 Å². The van der Waals surface area contributed by atoms with Crippen LogP contribution >= 0.6 is 22.7 Å². The topological polar surface area (TPSA) is 42.3 Å². The summed E-state index contributed by atoms with van der Waals surface area (Å²) >= 11 is 2.85. The summed E-state index contributed by atoms with van der Waals surface area (Å²) in [5.74, 6) is 0.0651. The summed E-state index contributed by atoms with van der Waals surface area (Å²) in [5.41, 5.74) is 2.14. The standard InChI is InChI=1S/C14H18N2O2S2/c1-10-5-7-19-12(10)8-15(3)13(17)4-6-16-11(2)9-20-14(16)18/h5,7,9H,4,6,8H2,1-3H3. The summed E-state index contributed by atoms with van der Waals surface area (Å²) in [6.07, 6.45) is 0.360. The number of hydrogen-bond donors (Lipinski definition) is 0. The van der Waals surface area contributed by atoms with Gasteiger partial charge in [0.15, 0.2) is 0 Å². The molecule has 0 saturated carbocycles. The first-order chi connectivity index (χ1) is 9.49. The number of rotatable bonds is 5. The van der Waals surface area contributed by atoms with Crippen molar-refractivity contribution in [3.8, 4) is 0 Å². The second kappa shape index (κ2) is 6.37. The Morgan fingerprint density at radius 2 is 2.10 bits per heavy atom. The summed E-state index contributed by atoms with van der Waals surface area (Å²) in [6, 6.07) is 2.06. The van der Waals surface area contributed by atoms with Gasteiger partial charge >= 0.3 is 4.87 Å². The fourth-order valence-corrected chi connectivity index (χ4v) is 3.66. The molecular weight excluding hydrogens is 292 g/mol. The molecule has 1 amide bonds. The van der Waals surface area contributed by atoms with Crippen molar-refractivity contribution in [2.75, 3.05) is 7.05 Å². The lowest BCUT2D eigenvalue weighted by molar-refractivity contribution is -0.130. The summed E-state index contributed by atoms with van der Waals surface area (Å²) in [4.78, 5) is 26.6. The maximum atomic E-state index is 12.1. The molecule has 4 nitrogen and oxygen atoms in total. The van der Waals surface area contributed by atoms with Gasteiger partial charge in [0.1, 0.15) is 0 Å². The van der Waals surface area contributed by atoms with Crippen molar-refractivity contribution in [3.63, 3.8) is 0 Å². The number of carbonyl (C=O) groups excluding carboxylic acids is 1. The number of amides is 1. The zero-order valence-corrected chi connectivity index (χ0v) is 13.5. The largest absolute Gasteiger partial charge is 0.341 e. The first kappa shape index (κ1) is 15.0. The summed E-state index contributed by atoms with van der Waals surface area (Å²) in [5, 5.41) is 3.86. The van der Waals surface area contributed by atoms with Crippen LogP contribution in [0.15, 0.2) is 21.6 Å². The van der Waals surface area contributed by atoms with Crippen LogP contribution in [0, 0.1) is 13.8 Å². The molecule has 6 heteroatoms. The highest BCUT2D eigenvalue weighted by Gasteiger charge is 2.12. The van der Waals surface area contributed by atoms with E-state index in [2.05, 4.69) is 13.0 Å². The molecule has 108 valence electrons. The van der Waals surface area contributed by atoms with Gasteiger partial charge in [0.2, 0.25) is 5.91 Å². The Morgan fingerprint density at radius 3 is 2.65 bits per heavy atom. The minimum Gasteiger partial charge on any atom is -0.341 e. The summed E-state index contributed by atoms with van der Waals surface area (Å²) in [7, 11) is 1.81. The summed E-state index contributed by atoms with van der Waals surface area (Å²) in [6.45, 7) is 5.04. The number of aromatic nitrogens is 1. The van der Waals surface area contributed by atoms with E-state index in [4.69, 9.17) is 0 Å². The van der Waals surface area contributed by atoms with Gasteiger partial charge in [-0.3, -0.25) is 9.59 Å². The maximum absolute atomic E-state index is 12.1. The average Bonchev–Trinajstić information content (AvgIpc) is 2.95. The molecule has 2 heterocycles. The molecule has 0 radical (unpaired) electrons. The van der Waals surface area contributed by atoms with Gasteiger partial charge in [-0.2, -0.15) is 0 Å². The summed E-state index contributed by atoms with van der Waals surface area (Å²) < 4.78 is 1.66. The van der Waals surface area contributed by atoms with Gasteiger partial charge < -0.3 is 9.47 Å². The molecule has 0 atom stereocenters. The third kappa shape index (κ3) is 3.37. The van der Waals surface area contributed by atoms with Crippen LogP contribution in [0.2, 0.25) is 0 Å². The van der Waals surface area contributed by atoms with Gasteiger partial charge in [-0.05, 0) is 30.9 Å². The molecule has 2 aromatic heterocycles. The van der Waals surface area contributed by atoms with E-state index in [0.717, 1.165) is 5.69 Å². The van der Waals surface area contributed by atoms with Crippen LogP contribution in [0.25, 0.3) is 0 Å². The molecule has 0 aromatic carbocycles. The molecule has 0 spiro atoms. The van der Waals surface area contributed by atoms with Crippen molar-refractivity contribution in [1.82, 2.24) is 9.47 Å². The zero-order valence-electron chi connectivity index (χ0n) is 11.9. The van der Waals surface area contributed by atoms with Crippen molar-refractivity contribution in [2.24, 2.45) is 0 Å². The molecule has 0 saturated heterocycles. The van der Waals surface area contributed by atoms with E-state index >= 15 is 0 Å². The van der Waals surface area contributed by atoms with Crippen LogP contribution in [0.1, 0.15) is 22.6 Å². The number of thiazole rings is 1. The lowest BCUT2D eigenvalue weighted by Crippen LogP contribution is -2.28. The van der Waals surface area contributed by atoms with E-state index < -0.39 is 0 Å². The highest BCUT2D eigenvalue weighted by molar-refractivity contribution is 7.10. The number of carbonyl (C=O) groups is 1. The zero-order chi connectivity index (χ0) is 14.7. The van der Waals surface area contributed by atoms with Gasteiger partial charge in [0.05, 0.1) is 6.54 Å². The highest BCUT2D eigenvalue weighted by atomic mass is 32.1. The third-order valence-corrected chi connectivity index (χ3v) is 5.19. The lowest BCUT2D eigenvalue weighted by atomic mass is 10.2. The minimum absolute atomic E-state index is 0.00653. The van der Waals surface area contributed by atoms with Crippen LogP contribution in [-0.4, -0.2) is 22.4 Å². The van der Waals surface area contributed by atoms with Gasteiger partial charge in [-0.1, -0.05) is 11.3 Å². The molecule has 0 fully saturated rings. The van der Waals surface area contributed by atoms with Crippen LogP contribution in [0.4, 0.5) is 0 Å². The molecule has 20 heavy (non-hydrogen) atoms. The van der Waals surface area contributed by atoms with Crippen molar-refractivity contribution in [1.29, 1.82) is 0 Å². The lowest BCUT2D eigenvalue weighted by Gasteiger charge is -2.17. The predicted molar refractivity (Wildman–Crippen MR) is 83.5 cm³/mol. The number of hydrogen-bond acceptors (Lipinski definition) is 4. The van der Waals surface area contributed by atoms with Crippen LogP contribution in [0.3, 0.4) is 0 Å². The molecule has 0 aliphatic heterocycles. The number of nitrogens with zero attached hydrogens (tertiary/aromatic N) is 2. The second-order valence-corrected chi connectivity index (χ2v) is 6.64. The third-order valence-electron chi connectivity index (χ3n) is 3.30. The van der Waals surface area contributed by atoms with E-state index in [1.807, 2.05) is 24.7 Å². The Kier molecular flexibility index (Phi) is 4.77. The van der Waals surface area contributed by atoms with Crippen molar-refractivity contribution < 1.29 is 4.79 Å². The molecule has 0 aliphatic carbocycles. The maximum Gasteiger partial charge on any atom is 0.307 e. The smallest absolute Gasteiger partial charge is 0.307 e. The van der Waals surface area contributed by atoms with E-state index in [1.54, 1.807) is 20.8 Å². The molecule has 2 rings (SSSR count). The molecule has 0 unspecified atom stereocenters. The van der Waals surface area contributed by atoms with Gasteiger partial charge in [0, 0.05) is 36.0 Å². The first-order valence-corrected chi connectivity index (χ1v) is 8.17. The Bertz CT molecular complexity index is 654. The molecule has 0 bridgehead atoms. The Balaban J connectivity index is 1.92. The Labute approximate surface area is 126 Å². The van der Waals surface area contributed by atoms with E-state index in [9.17, 15) is 9.59 Å². The monoisotopic (exact) mass is 310 g/mol. The SMILES string of the molecule is Cc1ccsc1CN(C)C(=O)CCn1c(C)csc1=O. The number of thiophene rings is 1. The molecule has 0 N–H and O–H groups in total. The van der Waals surface area contributed by atoms with Crippen LogP contribution < -0.4 is 4.87 Å². The normalized spacial score (nSPS) is 10.8. The van der Waals surface area contributed by atoms with Crippen molar-refractivity contribution in [2.45, 2.75) is 33.4 Å². The van der Waals surface area contributed by atoms with Gasteiger partial charge in [0.25, 0.3) is 0 Å². The molecule has 2 aromatic rings. The highest BCUT2D eigenvalue weighted by Crippen LogP contribution is 2.17. The van der Waals surface area contributed by atoms with Gasteiger partial charge in [-0.25, -0.2) is 0 Å². The Hall–Kier alpha value is -1.40. The quantitative estimate of drug-likeness (QED) is 0.852. The van der Waals surface area contributed by atoms with E-state index in [-0.39, 0.29) is 10.8 Å².